The van der Waals surface area contributed by atoms with E-state index in [0.29, 0.717) is 16.7 Å². The summed E-state index contributed by atoms with van der Waals surface area (Å²) in [6.07, 6.45) is 0. The van der Waals surface area contributed by atoms with Crippen LogP contribution in [-0.2, 0) is 0 Å². The Balaban J connectivity index is 2.26. The number of nitrogens with zero attached hydrogens (tertiary/aromatic N) is 1. The van der Waals surface area contributed by atoms with Gasteiger partial charge in [0, 0.05) is 5.56 Å². The number of fused-ring (bicyclic) bond motifs is 1. The van der Waals surface area contributed by atoms with Crippen molar-refractivity contribution in [3.05, 3.63) is 58.1 Å². The van der Waals surface area contributed by atoms with Crippen molar-refractivity contribution in [3.8, 4) is 16.9 Å². The SMILES string of the molecule is COc1ccc(C)cc1-c1ccc2c(=O)[nH]c(C)nc2c1. The van der Waals surface area contributed by atoms with E-state index in [2.05, 4.69) is 16.0 Å². The van der Waals surface area contributed by atoms with E-state index in [4.69, 9.17) is 4.74 Å². The summed E-state index contributed by atoms with van der Waals surface area (Å²) in [5.74, 6) is 1.42. The lowest BCUT2D eigenvalue weighted by atomic mass is 10.0. The Morgan fingerprint density at radius 1 is 1.10 bits per heavy atom. The van der Waals surface area contributed by atoms with E-state index in [1.54, 1.807) is 20.1 Å². The Morgan fingerprint density at radius 3 is 2.67 bits per heavy atom. The van der Waals surface area contributed by atoms with Gasteiger partial charge >= 0.3 is 0 Å². The van der Waals surface area contributed by atoms with Crippen molar-refractivity contribution in [2.45, 2.75) is 13.8 Å². The summed E-state index contributed by atoms with van der Waals surface area (Å²) >= 11 is 0. The van der Waals surface area contributed by atoms with Crippen LogP contribution in [0.3, 0.4) is 0 Å². The molecular formula is C17H16N2O2. The second-order valence-electron chi connectivity index (χ2n) is 5.09. The molecule has 0 atom stereocenters. The van der Waals surface area contributed by atoms with Crippen LogP contribution in [0.4, 0.5) is 0 Å². The van der Waals surface area contributed by atoms with Crippen molar-refractivity contribution in [2.75, 3.05) is 7.11 Å². The van der Waals surface area contributed by atoms with Crippen molar-refractivity contribution in [1.29, 1.82) is 0 Å². The summed E-state index contributed by atoms with van der Waals surface area (Å²) in [7, 11) is 1.66. The molecule has 4 nitrogen and oxygen atoms in total. The van der Waals surface area contributed by atoms with Gasteiger partial charge < -0.3 is 9.72 Å². The van der Waals surface area contributed by atoms with Crippen LogP contribution in [0.5, 0.6) is 5.75 Å². The van der Waals surface area contributed by atoms with Gasteiger partial charge in [0.2, 0.25) is 0 Å². The first-order chi connectivity index (χ1) is 10.1. The standard InChI is InChI=1S/C17H16N2O2/c1-10-4-7-16(21-3)14(8-10)12-5-6-13-15(9-12)18-11(2)19-17(13)20/h4-9H,1-3H3,(H,18,19,20). The van der Waals surface area contributed by atoms with Crippen LogP contribution in [0.2, 0.25) is 0 Å². The zero-order valence-corrected chi connectivity index (χ0v) is 12.2. The summed E-state index contributed by atoms with van der Waals surface area (Å²) in [4.78, 5) is 19.0. The Labute approximate surface area is 122 Å². The lowest BCUT2D eigenvalue weighted by Crippen LogP contribution is -2.09. The van der Waals surface area contributed by atoms with Gasteiger partial charge in [0.15, 0.2) is 0 Å². The van der Waals surface area contributed by atoms with Gasteiger partial charge in [-0.15, -0.1) is 0 Å². The molecule has 0 aliphatic carbocycles. The number of hydrogen-bond acceptors (Lipinski definition) is 3. The molecule has 0 saturated carbocycles. The minimum atomic E-state index is -0.111. The fourth-order valence-corrected chi connectivity index (χ4v) is 2.47. The van der Waals surface area contributed by atoms with E-state index in [1.807, 2.05) is 31.2 Å². The molecule has 0 aliphatic heterocycles. The quantitative estimate of drug-likeness (QED) is 0.784. The van der Waals surface area contributed by atoms with Crippen LogP contribution in [0, 0.1) is 13.8 Å². The summed E-state index contributed by atoms with van der Waals surface area (Å²) < 4.78 is 5.43. The van der Waals surface area contributed by atoms with Crippen LogP contribution < -0.4 is 10.3 Å². The number of H-pyrrole nitrogens is 1. The van der Waals surface area contributed by atoms with E-state index in [0.717, 1.165) is 22.4 Å². The molecule has 106 valence electrons. The molecule has 1 N–H and O–H groups in total. The molecule has 2 aromatic carbocycles. The van der Waals surface area contributed by atoms with E-state index < -0.39 is 0 Å². The van der Waals surface area contributed by atoms with Gasteiger partial charge in [-0.3, -0.25) is 4.79 Å². The number of benzene rings is 2. The Morgan fingerprint density at radius 2 is 1.90 bits per heavy atom. The largest absolute Gasteiger partial charge is 0.496 e. The van der Waals surface area contributed by atoms with Crippen molar-refractivity contribution in [1.82, 2.24) is 9.97 Å². The van der Waals surface area contributed by atoms with Crippen molar-refractivity contribution < 1.29 is 4.74 Å². The van der Waals surface area contributed by atoms with Gasteiger partial charge in [-0.1, -0.05) is 17.7 Å². The Hall–Kier alpha value is -2.62. The van der Waals surface area contributed by atoms with Crippen LogP contribution in [0.15, 0.2) is 41.2 Å². The maximum atomic E-state index is 11.9. The molecular weight excluding hydrogens is 264 g/mol. The van der Waals surface area contributed by atoms with Crippen LogP contribution in [0.1, 0.15) is 11.4 Å². The molecule has 0 aliphatic rings. The zero-order valence-electron chi connectivity index (χ0n) is 12.2. The highest BCUT2D eigenvalue weighted by molar-refractivity contribution is 5.85. The first kappa shape index (κ1) is 13.4. The fraction of sp³-hybridized carbons (Fsp3) is 0.176. The van der Waals surface area contributed by atoms with Crippen LogP contribution in [-0.4, -0.2) is 17.1 Å². The van der Waals surface area contributed by atoms with Gasteiger partial charge in [-0.2, -0.15) is 0 Å². The average Bonchev–Trinajstić information content (AvgIpc) is 2.46. The van der Waals surface area contributed by atoms with Crippen molar-refractivity contribution in [3.63, 3.8) is 0 Å². The van der Waals surface area contributed by atoms with E-state index >= 15 is 0 Å². The van der Waals surface area contributed by atoms with Gasteiger partial charge in [-0.05, 0) is 43.7 Å². The average molecular weight is 280 g/mol. The molecule has 0 bridgehead atoms. The zero-order chi connectivity index (χ0) is 15.0. The third-order valence-electron chi connectivity index (χ3n) is 3.49. The molecule has 4 heteroatoms. The fourth-order valence-electron chi connectivity index (χ4n) is 2.47. The van der Waals surface area contributed by atoms with Crippen LogP contribution in [0.25, 0.3) is 22.0 Å². The number of methoxy groups -OCH3 is 1. The molecule has 0 saturated heterocycles. The molecule has 0 amide bonds. The maximum Gasteiger partial charge on any atom is 0.258 e. The summed E-state index contributed by atoms with van der Waals surface area (Å²) in [6.45, 7) is 3.82. The molecule has 3 rings (SSSR count). The molecule has 1 heterocycles. The van der Waals surface area contributed by atoms with Gasteiger partial charge in [0.25, 0.3) is 5.56 Å². The smallest absolute Gasteiger partial charge is 0.258 e. The number of nitrogens with one attached hydrogen (secondary N) is 1. The highest BCUT2D eigenvalue weighted by Gasteiger charge is 2.09. The Bertz CT molecular complexity index is 882. The predicted molar refractivity (Wildman–Crippen MR) is 83.8 cm³/mol. The summed E-state index contributed by atoms with van der Waals surface area (Å²) in [6, 6.07) is 11.7. The predicted octanol–water partition coefficient (Wildman–Crippen LogP) is 3.22. The molecule has 0 spiro atoms. The van der Waals surface area contributed by atoms with Crippen molar-refractivity contribution in [2.24, 2.45) is 0 Å². The minimum absolute atomic E-state index is 0.111. The van der Waals surface area contributed by atoms with Crippen LogP contribution >= 0.6 is 0 Å². The lowest BCUT2D eigenvalue weighted by molar-refractivity contribution is 0.416. The third-order valence-corrected chi connectivity index (χ3v) is 3.49. The van der Waals surface area contributed by atoms with E-state index in [-0.39, 0.29) is 5.56 Å². The maximum absolute atomic E-state index is 11.9. The third kappa shape index (κ3) is 2.40. The first-order valence-electron chi connectivity index (χ1n) is 6.74. The Kier molecular flexibility index (Phi) is 3.22. The molecule has 0 unspecified atom stereocenters. The second-order valence-corrected chi connectivity index (χ2v) is 5.09. The number of ether oxygens (including phenoxy) is 1. The van der Waals surface area contributed by atoms with Gasteiger partial charge in [-0.25, -0.2) is 4.98 Å². The number of aromatic nitrogens is 2. The van der Waals surface area contributed by atoms with E-state index in [9.17, 15) is 4.79 Å². The number of rotatable bonds is 2. The lowest BCUT2D eigenvalue weighted by Gasteiger charge is -2.10. The number of hydrogen-bond donors (Lipinski definition) is 1. The van der Waals surface area contributed by atoms with Gasteiger partial charge in [0.1, 0.15) is 11.6 Å². The molecule has 0 radical (unpaired) electrons. The van der Waals surface area contributed by atoms with Crippen molar-refractivity contribution >= 4 is 10.9 Å². The van der Waals surface area contributed by atoms with E-state index in [1.165, 1.54) is 0 Å². The normalized spacial score (nSPS) is 10.8. The highest BCUT2D eigenvalue weighted by Crippen LogP contribution is 2.31. The van der Waals surface area contributed by atoms with Gasteiger partial charge in [0.05, 0.1) is 18.0 Å². The highest BCUT2D eigenvalue weighted by atomic mass is 16.5. The topological polar surface area (TPSA) is 55.0 Å². The molecule has 21 heavy (non-hydrogen) atoms. The summed E-state index contributed by atoms with van der Waals surface area (Å²) in [5, 5.41) is 0.593. The molecule has 3 aromatic rings. The molecule has 1 aromatic heterocycles. The summed E-state index contributed by atoms with van der Waals surface area (Å²) in [5.41, 5.74) is 3.72. The molecule has 0 fully saturated rings. The first-order valence-corrected chi connectivity index (χ1v) is 6.74. The number of aryl methyl sites for hydroxylation is 2. The monoisotopic (exact) mass is 280 g/mol. The minimum Gasteiger partial charge on any atom is -0.496 e. The second kappa shape index (κ2) is 5.05. The number of aromatic amines is 1.